The lowest BCUT2D eigenvalue weighted by atomic mass is 9.96. The molecule has 0 bridgehead atoms. The van der Waals surface area contributed by atoms with E-state index in [0.717, 1.165) is 18.8 Å². The lowest BCUT2D eigenvalue weighted by Gasteiger charge is -2.35. The summed E-state index contributed by atoms with van der Waals surface area (Å²) in [4.78, 5) is 6.26. The van der Waals surface area contributed by atoms with Gasteiger partial charge in [-0.25, -0.2) is 4.98 Å². The van der Waals surface area contributed by atoms with Crippen LogP contribution in [0.5, 0.6) is 0 Å². The normalized spacial score (nSPS) is 25.2. The summed E-state index contributed by atoms with van der Waals surface area (Å²) in [6.07, 6.45) is 0.654. The first-order valence-electron chi connectivity index (χ1n) is 5.51. The van der Waals surface area contributed by atoms with Crippen LogP contribution in [0.1, 0.15) is 19.0 Å². The number of piperidine rings is 1. The number of nitriles is 1. The van der Waals surface area contributed by atoms with Crippen molar-refractivity contribution in [2.24, 2.45) is 5.92 Å². The van der Waals surface area contributed by atoms with Gasteiger partial charge in [-0.15, -0.1) is 0 Å². The van der Waals surface area contributed by atoms with Gasteiger partial charge in [0, 0.05) is 13.1 Å². The first-order valence-corrected chi connectivity index (χ1v) is 5.51. The van der Waals surface area contributed by atoms with Gasteiger partial charge in [0.25, 0.3) is 0 Å². The summed E-state index contributed by atoms with van der Waals surface area (Å²) < 4.78 is 0. The molecule has 1 fully saturated rings. The quantitative estimate of drug-likeness (QED) is 0.766. The van der Waals surface area contributed by atoms with Crippen LogP contribution in [0, 0.1) is 17.2 Å². The van der Waals surface area contributed by atoms with Gasteiger partial charge in [-0.2, -0.15) is 5.26 Å². The molecule has 0 spiro atoms. The van der Waals surface area contributed by atoms with E-state index in [0.29, 0.717) is 18.2 Å². The highest BCUT2D eigenvalue weighted by atomic mass is 16.3. The number of rotatable bonds is 1. The molecule has 1 aromatic rings. The number of hydrogen-bond acceptors (Lipinski definition) is 4. The van der Waals surface area contributed by atoms with E-state index in [1.807, 2.05) is 23.1 Å². The Morgan fingerprint density at radius 1 is 1.56 bits per heavy atom. The zero-order valence-electron chi connectivity index (χ0n) is 9.30. The predicted molar refractivity (Wildman–Crippen MR) is 61.0 cm³/mol. The van der Waals surface area contributed by atoms with Gasteiger partial charge < -0.3 is 10.0 Å². The minimum atomic E-state index is -0.304. The van der Waals surface area contributed by atoms with E-state index in [1.165, 1.54) is 0 Å². The third kappa shape index (κ3) is 2.15. The van der Waals surface area contributed by atoms with Gasteiger partial charge in [-0.1, -0.05) is 13.0 Å². The second-order valence-corrected chi connectivity index (χ2v) is 4.27. The van der Waals surface area contributed by atoms with Crippen molar-refractivity contribution in [2.45, 2.75) is 19.4 Å². The van der Waals surface area contributed by atoms with Crippen LogP contribution in [0.4, 0.5) is 5.82 Å². The number of aliphatic hydroxyl groups excluding tert-OH is 1. The van der Waals surface area contributed by atoms with Crippen molar-refractivity contribution >= 4 is 5.82 Å². The molecule has 1 aliphatic heterocycles. The van der Waals surface area contributed by atoms with E-state index in [1.54, 1.807) is 6.07 Å². The predicted octanol–water partition coefficient (Wildman–Crippen LogP) is 1.16. The lowest BCUT2D eigenvalue weighted by Crippen LogP contribution is -2.43. The van der Waals surface area contributed by atoms with Crippen molar-refractivity contribution in [2.75, 3.05) is 18.0 Å². The van der Waals surface area contributed by atoms with E-state index in [9.17, 15) is 5.11 Å². The van der Waals surface area contributed by atoms with Crippen LogP contribution in [0.15, 0.2) is 18.2 Å². The molecule has 0 amide bonds. The van der Waals surface area contributed by atoms with Crippen LogP contribution in [0.3, 0.4) is 0 Å². The lowest BCUT2D eigenvalue weighted by molar-refractivity contribution is 0.102. The third-order valence-corrected chi connectivity index (χ3v) is 3.09. The SMILES string of the molecule is CC1CCN(c2cccc(C#N)n2)CC1O. The minimum Gasteiger partial charge on any atom is -0.391 e. The van der Waals surface area contributed by atoms with E-state index in [-0.39, 0.29) is 6.10 Å². The molecule has 1 N–H and O–H groups in total. The fourth-order valence-electron chi connectivity index (χ4n) is 1.92. The maximum Gasteiger partial charge on any atom is 0.142 e. The first kappa shape index (κ1) is 10.9. The largest absolute Gasteiger partial charge is 0.391 e. The molecule has 1 aromatic heterocycles. The van der Waals surface area contributed by atoms with Crippen molar-refractivity contribution in [1.29, 1.82) is 5.26 Å². The Morgan fingerprint density at radius 2 is 2.38 bits per heavy atom. The topological polar surface area (TPSA) is 60.2 Å². The van der Waals surface area contributed by atoms with E-state index < -0.39 is 0 Å². The van der Waals surface area contributed by atoms with Gasteiger partial charge in [-0.3, -0.25) is 0 Å². The highest BCUT2D eigenvalue weighted by molar-refractivity contribution is 5.42. The Balaban J connectivity index is 2.16. The van der Waals surface area contributed by atoms with Gasteiger partial charge in [0.15, 0.2) is 0 Å². The summed E-state index contributed by atoms with van der Waals surface area (Å²) in [5.41, 5.74) is 0.422. The molecule has 0 aromatic carbocycles. The molecule has 84 valence electrons. The molecular weight excluding hydrogens is 202 g/mol. The van der Waals surface area contributed by atoms with Gasteiger partial charge >= 0.3 is 0 Å². The van der Waals surface area contributed by atoms with Crippen LogP contribution in [0.2, 0.25) is 0 Å². The van der Waals surface area contributed by atoms with Crippen LogP contribution in [-0.4, -0.2) is 29.3 Å². The Hall–Kier alpha value is -1.60. The third-order valence-electron chi connectivity index (χ3n) is 3.09. The molecule has 2 heterocycles. The summed E-state index contributed by atoms with van der Waals surface area (Å²) in [5, 5.41) is 18.6. The molecular formula is C12H15N3O. The van der Waals surface area contributed by atoms with E-state index in [2.05, 4.69) is 11.9 Å². The molecule has 1 saturated heterocycles. The van der Waals surface area contributed by atoms with Gasteiger partial charge in [0.05, 0.1) is 6.10 Å². The summed E-state index contributed by atoms with van der Waals surface area (Å²) in [5.74, 6) is 1.13. The second kappa shape index (κ2) is 4.50. The number of nitrogens with zero attached hydrogens (tertiary/aromatic N) is 3. The highest BCUT2D eigenvalue weighted by Crippen LogP contribution is 2.21. The fourth-order valence-corrected chi connectivity index (χ4v) is 1.92. The number of pyridine rings is 1. The van der Waals surface area contributed by atoms with Crippen molar-refractivity contribution in [3.8, 4) is 6.07 Å². The highest BCUT2D eigenvalue weighted by Gasteiger charge is 2.24. The second-order valence-electron chi connectivity index (χ2n) is 4.27. The Morgan fingerprint density at radius 3 is 3.06 bits per heavy atom. The number of β-amino-alcohol motifs (C(OH)–C–C–N with tert-alkyl or cyclic N) is 1. The van der Waals surface area contributed by atoms with Crippen LogP contribution in [-0.2, 0) is 0 Å². The molecule has 0 saturated carbocycles. The van der Waals surface area contributed by atoms with E-state index >= 15 is 0 Å². The number of aliphatic hydroxyl groups is 1. The van der Waals surface area contributed by atoms with Gasteiger partial charge in [0.2, 0.25) is 0 Å². The summed E-state index contributed by atoms with van der Waals surface area (Å²) in [6, 6.07) is 7.42. The van der Waals surface area contributed by atoms with Crippen molar-refractivity contribution in [3.05, 3.63) is 23.9 Å². The molecule has 4 nitrogen and oxygen atoms in total. The average molecular weight is 217 g/mol. The van der Waals surface area contributed by atoms with Crippen molar-refractivity contribution in [1.82, 2.24) is 4.98 Å². The molecule has 2 unspecified atom stereocenters. The Bertz CT molecular complexity index is 413. The summed E-state index contributed by atoms with van der Waals surface area (Å²) in [7, 11) is 0. The maximum absolute atomic E-state index is 9.80. The van der Waals surface area contributed by atoms with Crippen LogP contribution >= 0.6 is 0 Å². The minimum absolute atomic E-state index is 0.304. The smallest absolute Gasteiger partial charge is 0.142 e. The molecule has 0 radical (unpaired) electrons. The zero-order valence-corrected chi connectivity index (χ0v) is 9.30. The Kier molecular flexibility index (Phi) is 3.07. The average Bonchev–Trinajstić information content (AvgIpc) is 2.33. The van der Waals surface area contributed by atoms with Crippen LogP contribution < -0.4 is 4.90 Å². The number of hydrogen-bond donors (Lipinski definition) is 1. The van der Waals surface area contributed by atoms with E-state index in [4.69, 9.17) is 5.26 Å². The first-order chi connectivity index (χ1) is 7.70. The Labute approximate surface area is 95.1 Å². The van der Waals surface area contributed by atoms with Gasteiger partial charge in [-0.05, 0) is 24.5 Å². The number of aromatic nitrogens is 1. The molecule has 1 aliphatic rings. The maximum atomic E-state index is 9.80. The summed E-state index contributed by atoms with van der Waals surface area (Å²) in [6.45, 7) is 3.55. The molecule has 4 heteroatoms. The van der Waals surface area contributed by atoms with Gasteiger partial charge in [0.1, 0.15) is 17.6 Å². The van der Waals surface area contributed by atoms with Crippen LogP contribution in [0.25, 0.3) is 0 Å². The zero-order chi connectivity index (χ0) is 11.5. The molecule has 2 atom stereocenters. The molecule has 0 aliphatic carbocycles. The molecule has 2 rings (SSSR count). The standard InChI is InChI=1S/C12H15N3O/c1-9-5-6-15(8-11(9)16)12-4-2-3-10(7-13)14-12/h2-4,9,11,16H,5-6,8H2,1H3. The number of anilines is 1. The monoisotopic (exact) mass is 217 g/mol. The fraction of sp³-hybridized carbons (Fsp3) is 0.500. The summed E-state index contributed by atoms with van der Waals surface area (Å²) >= 11 is 0. The molecule has 16 heavy (non-hydrogen) atoms. The van der Waals surface area contributed by atoms with Crippen molar-refractivity contribution in [3.63, 3.8) is 0 Å². The van der Waals surface area contributed by atoms with Crippen molar-refractivity contribution < 1.29 is 5.11 Å².